The third kappa shape index (κ3) is 5.27. The molecule has 2 aromatic heterocycles. The number of hydrogen-bond donors (Lipinski definition) is 3. The second-order valence-corrected chi connectivity index (χ2v) is 10.0. The number of carboxylic acid groups (broad SMARTS) is 1. The molecule has 36 heavy (non-hydrogen) atoms. The summed E-state index contributed by atoms with van der Waals surface area (Å²) in [5.74, 6) is -2.18. The van der Waals surface area contributed by atoms with Gasteiger partial charge >= 0.3 is 5.97 Å². The molecule has 2 atom stereocenters. The van der Waals surface area contributed by atoms with Gasteiger partial charge in [-0.2, -0.15) is 0 Å². The number of carbonyl (C=O) groups excluding carboxylic acids is 3. The van der Waals surface area contributed by atoms with Crippen LogP contribution in [-0.4, -0.2) is 74.2 Å². The van der Waals surface area contributed by atoms with Gasteiger partial charge in [0, 0.05) is 28.4 Å². The highest BCUT2D eigenvalue weighted by atomic mass is 32.2. The van der Waals surface area contributed by atoms with Crippen LogP contribution in [0.4, 0.5) is 5.13 Å². The summed E-state index contributed by atoms with van der Waals surface area (Å²) in [6.45, 7) is 0. The maximum atomic E-state index is 12.9. The Morgan fingerprint density at radius 3 is 2.94 bits per heavy atom. The summed E-state index contributed by atoms with van der Waals surface area (Å²) in [6, 6.07) is 2.71. The number of carboxylic acids is 1. The maximum Gasteiger partial charge on any atom is 0.352 e. The number of fused-ring (bicyclic) bond motifs is 1. The Morgan fingerprint density at radius 2 is 2.25 bits per heavy atom. The van der Waals surface area contributed by atoms with E-state index >= 15 is 0 Å². The second-order valence-electron chi connectivity index (χ2n) is 7.07. The third-order valence-electron chi connectivity index (χ3n) is 4.92. The van der Waals surface area contributed by atoms with Gasteiger partial charge < -0.3 is 20.6 Å². The van der Waals surface area contributed by atoms with Crippen LogP contribution in [0.1, 0.15) is 5.69 Å². The van der Waals surface area contributed by atoms with Crippen LogP contribution < -0.4 is 10.6 Å². The van der Waals surface area contributed by atoms with E-state index < -0.39 is 29.2 Å². The van der Waals surface area contributed by atoms with E-state index in [1.54, 1.807) is 29.9 Å². The summed E-state index contributed by atoms with van der Waals surface area (Å²) >= 11 is 3.79. The number of pyridine rings is 1. The first kappa shape index (κ1) is 25.4. The van der Waals surface area contributed by atoms with Gasteiger partial charge in [-0.25, -0.2) is 9.78 Å². The van der Waals surface area contributed by atoms with E-state index in [-0.39, 0.29) is 22.2 Å². The SMILES string of the molecule is CON=C(C(=O)NC1C(=O)N2C(C(=O)O)=C(C=CSc3cccnc3)CS[C@@H]12)c1csc(NC=O)n1. The lowest BCUT2D eigenvalue weighted by Crippen LogP contribution is -2.71. The molecule has 186 valence electrons. The zero-order valence-electron chi connectivity index (χ0n) is 18.5. The lowest BCUT2D eigenvalue weighted by atomic mass is 10.0. The van der Waals surface area contributed by atoms with Gasteiger partial charge in [-0.05, 0) is 29.2 Å². The van der Waals surface area contributed by atoms with Crippen molar-refractivity contribution in [1.29, 1.82) is 0 Å². The molecule has 0 radical (unpaired) electrons. The summed E-state index contributed by atoms with van der Waals surface area (Å²) < 4.78 is 0. The van der Waals surface area contributed by atoms with Crippen LogP contribution in [0.2, 0.25) is 0 Å². The van der Waals surface area contributed by atoms with Crippen molar-refractivity contribution in [3.05, 3.63) is 58.4 Å². The molecule has 12 nitrogen and oxygen atoms in total. The Bertz CT molecular complexity index is 1280. The molecule has 1 saturated heterocycles. The number of carbonyl (C=O) groups is 4. The predicted molar refractivity (Wildman–Crippen MR) is 134 cm³/mol. The van der Waals surface area contributed by atoms with Crippen molar-refractivity contribution < 1.29 is 29.1 Å². The van der Waals surface area contributed by atoms with Gasteiger partial charge in [0.1, 0.15) is 29.9 Å². The second kappa shape index (κ2) is 11.4. The summed E-state index contributed by atoms with van der Waals surface area (Å²) in [4.78, 5) is 63.4. The van der Waals surface area contributed by atoms with Gasteiger partial charge in [-0.15, -0.1) is 23.1 Å². The average molecular weight is 547 g/mol. The highest BCUT2D eigenvalue weighted by Crippen LogP contribution is 2.41. The summed E-state index contributed by atoms with van der Waals surface area (Å²) in [7, 11) is 1.25. The topological polar surface area (TPSA) is 163 Å². The van der Waals surface area contributed by atoms with Gasteiger partial charge in [0.2, 0.25) is 6.41 Å². The molecule has 0 saturated carbocycles. The van der Waals surface area contributed by atoms with Crippen LogP contribution in [0.5, 0.6) is 0 Å². The lowest BCUT2D eigenvalue weighted by Gasteiger charge is -2.49. The summed E-state index contributed by atoms with van der Waals surface area (Å²) in [5, 5.41) is 21.4. The molecule has 3 N–H and O–H groups in total. The largest absolute Gasteiger partial charge is 0.477 e. The number of anilines is 1. The zero-order chi connectivity index (χ0) is 25.7. The Kier molecular flexibility index (Phi) is 8.02. The van der Waals surface area contributed by atoms with Gasteiger partial charge in [0.15, 0.2) is 10.8 Å². The monoisotopic (exact) mass is 546 g/mol. The molecule has 0 aromatic carbocycles. The van der Waals surface area contributed by atoms with E-state index in [0.29, 0.717) is 17.7 Å². The van der Waals surface area contributed by atoms with Crippen molar-refractivity contribution in [2.24, 2.45) is 5.16 Å². The highest BCUT2D eigenvalue weighted by molar-refractivity contribution is 8.02. The van der Waals surface area contributed by atoms with E-state index in [0.717, 1.165) is 16.2 Å². The standard InChI is InChI=1S/C21H18N6O6S3/c1-33-26-14(13-9-36-21(24-13)23-10-28)17(29)25-15-18(30)27-16(20(31)32)11(8-35-19(15)27)4-6-34-12-3-2-5-22-7-12/h2-7,9-10,15,19H,8H2,1H3,(H,25,29)(H,31,32)(H,23,24,28)/t15?,19-/m0/s1. The molecule has 1 fully saturated rings. The van der Waals surface area contributed by atoms with E-state index in [1.807, 2.05) is 6.07 Å². The number of nitrogens with one attached hydrogen (secondary N) is 2. The third-order valence-corrected chi connectivity index (χ3v) is 7.78. The molecule has 4 heterocycles. The van der Waals surface area contributed by atoms with Gasteiger partial charge in [-0.1, -0.05) is 16.9 Å². The first-order valence-electron chi connectivity index (χ1n) is 10.2. The fourth-order valence-electron chi connectivity index (χ4n) is 3.39. The van der Waals surface area contributed by atoms with Crippen LogP contribution in [-0.2, 0) is 24.0 Å². The molecule has 2 aliphatic rings. The maximum absolute atomic E-state index is 12.9. The first-order chi connectivity index (χ1) is 17.4. The summed E-state index contributed by atoms with van der Waals surface area (Å²) in [6.07, 6.45) is 5.46. The lowest BCUT2D eigenvalue weighted by molar-refractivity contribution is -0.150. The Labute approximate surface area is 216 Å². The van der Waals surface area contributed by atoms with Gasteiger partial charge in [0.25, 0.3) is 11.8 Å². The molecular weight excluding hydrogens is 528 g/mol. The highest BCUT2D eigenvalue weighted by Gasteiger charge is 2.54. The molecule has 3 amide bonds. The Morgan fingerprint density at radius 1 is 1.42 bits per heavy atom. The Hall–Kier alpha value is -3.69. The molecule has 15 heteroatoms. The number of rotatable bonds is 10. The Balaban J connectivity index is 1.48. The van der Waals surface area contributed by atoms with Crippen LogP contribution >= 0.6 is 34.9 Å². The van der Waals surface area contributed by atoms with Crippen LogP contribution in [0.15, 0.2) is 62.7 Å². The predicted octanol–water partition coefficient (Wildman–Crippen LogP) is 1.50. The molecule has 0 bridgehead atoms. The van der Waals surface area contributed by atoms with Gasteiger partial charge in [0.05, 0.1) is 0 Å². The van der Waals surface area contributed by atoms with E-state index in [4.69, 9.17) is 4.84 Å². The summed E-state index contributed by atoms with van der Waals surface area (Å²) in [5.41, 5.74) is 0.322. The fraction of sp³-hybridized carbons (Fsp3) is 0.190. The van der Waals surface area contributed by atoms with Crippen molar-refractivity contribution in [1.82, 2.24) is 20.2 Å². The normalized spacial score (nSPS) is 19.5. The number of aliphatic carboxylic acids is 1. The molecule has 1 unspecified atom stereocenters. The van der Waals surface area contributed by atoms with E-state index in [1.165, 1.54) is 40.9 Å². The average Bonchev–Trinajstić information content (AvgIpc) is 3.34. The number of aromatic nitrogens is 2. The van der Waals surface area contributed by atoms with Crippen LogP contribution in [0.25, 0.3) is 0 Å². The smallest absolute Gasteiger partial charge is 0.352 e. The number of thioether (sulfide) groups is 2. The number of thiazole rings is 1. The van der Waals surface area contributed by atoms with Gasteiger partial charge in [-0.3, -0.25) is 24.3 Å². The molecule has 0 aliphatic carbocycles. The van der Waals surface area contributed by atoms with Crippen molar-refractivity contribution in [2.45, 2.75) is 16.3 Å². The minimum absolute atomic E-state index is 0.118. The zero-order valence-corrected chi connectivity index (χ0v) is 20.9. The molecule has 2 aromatic rings. The molecular formula is C21H18N6O6S3. The van der Waals surface area contributed by atoms with Crippen molar-refractivity contribution in [2.75, 3.05) is 18.2 Å². The minimum atomic E-state index is -1.23. The quantitative estimate of drug-likeness (QED) is 0.131. The molecule has 0 spiro atoms. The fourth-order valence-corrected chi connectivity index (χ4v) is 6.03. The molecule has 4 rings (SSSR count). The molecule has 2 aliphatic heterocycles. The first-order valence-corrected chi connectivity index (χ1v) is 13.0. The van der Waals surface area contributed by atoms with Crippen LogP contribution in [0.3, 0.4) is 0 Å². The number of hydrogen-bond acceptors (Lipinski definition) is 11. The number of allylic oxidation sites excluding steroid dienone is 1. The number of β-lactam (4-membered cyclic amide) rings is 1. The van der Waals surface area contributed by atoms with E-state index in [2.05, 4.69) is 25.8 Å². The number of amides is 3. The van der Waals surface area contributed by atoms with Crippen molar-refractivity contribution in [3.8, 4) is 0 Å². The van der Waals surface area contributed by atoms with Crippen molar-refractivity contribution >= 4 is 69.9 Å². The number of nitrogens with zero attached hydrogens (tertiary/aromatic N) is 4. The van der Waals surface area contributed by atoms with Crippen LogP contribution in [0, 0.1) is 0 Å². The number of oxime groups is 1. The van der Waals surface area contributed by atoms with Crippen molar-refractivity contribution in [3.63, 3.8) is 0 Å². The van der Waals surface area contributed by atoms with E-state index in [9.17, 15) is 24.3 Å². The minimum Gasteiger partial charge on any atom is -0.477 e.